The Morgan fingerprint density at radius 2 is 1.76 bits per heavy atom. The second-order valence-corrected chi connectivity index (χ2v) is 9.50. The molecule has 174 valence electrons. The number of carbonyl (C=O) groups is 2. The van der Waals surface area contributed by atoms with Gasteiger partial charge < -0.3 is 14.7 Å². The average Bonchev–Trinajstić information content (AvgIpc) is 3.24. The fourth-order valence-electron chi connectivity index (χ4n) is 5.44. The standard InChI is InChI=1S/C26H33N5O2/c1-19-21-11-7-15-30(17-20-9-3-2-4-10-20)26(21)28-25(27-19)22-12-5-6-16-31(22)24(33)18-29-14-8-13-23(29)32/h2-4,9-10,22H,5-8,11-18H2,1H3/t22-/m0/s1. The van der Waals surface area contributed by atoms with Gasteiger partial charge in [0.05, 0.1) is 12.6 Å². The number of hydrogen-bond acceptors (Lipinski definition) is 5. The van der Waals surface area contributed by atoms with Crippen LogP contribution in [0, 0.1) is 6.92 Å². The Morgan fingerprint density at radius 1 is 0.970 bits per heavy atom. The number of amides is 2. The van der Waals surface area contributed by atoms with Crippen molar-refractivity contribution < 1.29 is 9.59 Å². The summed E-state index contributed by atoms with van der Waals surface area (Å²) in [5.41, 5.74) is 3.53. The minimum atomic E-state index is -0.117. The molecule has 4 heterocycles. The van der Waals surface area contributed by atoms with Crippen LogP contribution in [-0.4, -0.2) is 57.8 Å². The summed E-state index contributed by atoms with van der Waals surface area (Å²) in [5, 5.41) is 0. The molecule has 7 nitrogen and oxygen atoms in total. The summed E-state index contributed by atoms with van der Waals surface area (Å²) in [6.45, 7) is 5.45. The van der Waals surface area contributed by atoms with E-state index in [2.05, 4.69) is 36.1 Å². The normalized spacial score (nSPS) is 20.8. The molecule has 0 spiro atoms. The van der Waals surface area contributed by atoms with E-state index in [1.807, 2.05) is 11.0 Å². The fourth-order valence-corrected chi connectivity index (χ4v) is 5.44. The highest BCUT2D eigenvalue weighted by Gasteiger charge is 2.34. The first-order chi connectivity index (χ1) is 16.1. The van der Waals surface area contributed by atoms with Crippen LogP contribution in [0.1, 0.15) is 67.2 Å². The quantitative estimate of drug-likeness (QED) is 0.703. The lowest BCUT2D eigenvalue weighted by atomic mass is 9.99. The van der Waals surface area contributed by atoms with Crippen molar-refractivity contribution in [3.63, 3.8) is 0 Å². The first-order valence-electron chi connectivity index (χ1n) is 12.3. The van der Waals surface area contributed by atoms with Crippen molar-refractivity contribution >= 4 is 17.6 Å². The van der Waals surface area contributed by atoms with Crippen molar-refractivity contribution in [2.45, 2.75) is 64.5 Å². The van der Waals surface area contributed by atoms with Gasteiger partial charge in [-0.1, -0.05) is 30.3 Å². The highest BCUT2D eigenvalue weighted by atomic mass is 16.2. The van der Waals surface area contributed by atoms with Gasteiger partial charge in [-0.3, -0.25) is 9.59 Å². The average molecular weight is 448 g/mol. The van der Waals surface area contributed by atoms with Gasteiger partial charge in [0.25, 0.3) is 0 Å². The molecule has 0 aliphatic carbocycles. The Bertz CT molecular complexity index is 1020. The Labute approximate surface area is 195 Å². The van der Waals surface area contributed by atoms with Crippen LogP contribution in [0.2, 0.25) is 0 Å². The van der Waals surface area contributed by atoms with Crippen LogP contribution < -0.4 is 4.90 Å². The molecule has 3 aliphatic rings. The molecule has 3 aliphatic heterocycles. The van der Waals surface area contributed by atoms with E-state index in [0.717, 1.165) is 69.0 Å². The summed E-state index contributed by atoms with van der Waals surface area (Å²) < 4.78 is 0. The fraction of sp³-hybridized carbons (Fsp3) is 0.538. The molecule has 2 aromatic rings. The lowest BCUT2D eigenvalue weighted by molar-refractivity contribution is -0.141. The number of carbonyl (C=O) groups excluding carboxylic acids is 2. The Morgan fingerprint density at radius 3 is 2.55 bits per heavy atom. The SMILES string of the molecule is Cc1nc([C@@H]2CCCCN2C(=O)CN2CCCC2=O)nc2c1CCCN2Cc1ccccc1. The number of fused-ring (bicyclic) bond motifs is 1. The highest BCUT2D eigenvalue weighted by Crippen LogP contribution is 2.34. The molecule has 0 bridgehead atoms. The Balaban J connectivity index is 1.41. The second kappa shape index (κ2) is 9.49. The zero-order valence-electron chi connectivity index (χ0n) is 19.5. The highest BCUT2D eigenvalue weighted by molar-refractivity contribution is 5.86. The molecule has 33 heavy (non-hydrogen) atoms. The van der Waals surface area contributed by atoms with E-state index in [4.69, 9.17) is 9.97 Å². The van der Waals surface area contributed by atoms with Crippen LogP contribution in [0.25, 0.3) is 0 Å². The van der Waals surface area contributed by atoms with Crippen LogP contribution in [0.3, 0.4) is 0 Å². The van der Waals surface area contributed by atoms with Gasteiger partial charge in [-0.15, -0.1) is 0 Å². The largest absolute Gasteiger partial charge is 0.352 e. The molecule has 1 atom stereocenters. The molecular weight excluding hydrogens is 414 g/mol. The lowest BCUT2D eigenvalue weighted by Gasteiger charge is -2.37. The van der Waals surface area contributed by atoms with Crippen LogP contribution in [0.5, 0.6) is 0 Å². The number of benzene rings is 1. The van der Waals surface area contributed by atoms with Crippen LogP contribution >= 0.6 is 0 Å². The van der Waals surface area contributed by atoms with E-state index < -0.39 is 0 Å². The Hall–Kier alpha value is -2.96. The third-order valence-corrected chi connectivity index (χ3v) is 7.20. The predicted octanol–water partition coefficient (Wildman–Crippen LogP) is 3.41. The van der Waals surface area contributed by atoms with Gasteiger partial charge in [0, 0.05) is 43.9 Å². The van der Waals surface area contributed by atoms with Gasteiger partial charge in [-0.05, 0) is 51.0 Å². The van der Waals surface area contributed by atoms with Crippen LogP contribution in [0.15, 0.2) is 30.3 Å². The van der Waals surface area contributed by atoms with E-state index >= 15 is 0 Å². The van der Waals surface area contributed by atoms with Crippen molar-refractivity contribution in [1.29, 1.82) is 0 Å². The summed E-state index contributed by atoms with van der Waals surface area (Å²) in [6.07, 6.45) is 6.42. The molecule has 2 fully saturated rings. The number of likely N-dealkylation sites (tertiary alicyclic amines) is 2. The van der Waals surface area contributed by atoms with Crippen LogP contribution in [0.4, 0.5) is 5.82 Å². The van der Waals surface area contributed by atoms with Gasteiger partial charge >= 0.3 is 0 Å². The van der Waals surface area contributed by atoms with Crippen molar-refractivity contribution in [2.75, 3.05) is 31.1 Å². The number of anilines is 1. The first-order valence-corrected chi connectivity index (χ1v) is 12.3. The number of nitrogens with zero attached hydrogens (tertiary/aromatic N) is 5. The van der Waals surface area contributed by atoms with E-state index in [1.165, 1.54) is 11.1 Å². The molecule has 2 saturated heterocycles. The van der Waals surface area contributed by atoms with Crippen LogP contribution in [-0.2, 0) is 22.6 Å². The van der Waals surface area contributed by atoms with Gasteiger partial charge in [-0.2, -0.15) is 0 Å². The maximum absolute atomic E-state index is 13.2. The third-order valence-electron chi connectivity index (χ3n) is 7.20. The van der Waals surface area contributed by atoms with Gasteiger partial charge in [-0.25, -0.2) is 9.97 Å². The number of hydrogen-bond donors (Lipinski definition) is 0. The second-order valence-electron chi connectivity index (χ2n) is 9.50. The predicted molar refractivity (Wildman–Crippen MR) is 127 cm³/mol. The summed E-state index contributed by atoms with van der Waals surface area (Å²) in [5.74, 6) is 1.90. The van der Waals surface area contributed by atoms with E-state index in [0.29, 0.717) is 19.5 Å². The maximum Gasteiger partial charge on any atom is 0.242 e. The van der Waals surface area contributed by atoms with Gasteiger partial charge in [0.1, 0.15) is 5.82 Å². The molecule has 5 rings (SSSR count). The van der Waals surface area contributed by atoms with Gasteiger partial charge in [0.2, 0.25) is 11.8 Å². The van der Waals surface area contributed by atoms with Crippen molar-refractivity contribution in [3.05, 3.63) is 53.0 Å². The van der Waals surface area contributed by atoms with Gasteiger partial charge in [0.15, 0.2) is 5.82 Å². The smallest absolute Gasteiger partial charge is 0.242 e. The number of aryl methyl sites for hydroxylation is 1. The summed E-state index contributed by atoms with van der Waals surface area (Å²) in [4.78, 5) is 41.3. The molecular formula is C26H33N5O2. The van der Waals surface area contributed by atoms with Crippen molar-refractivity contribution in [2.24, 2.45) is 0 Å². The Kier molecular flexibility index (Phi) is 6.29. The summed E-state index contributed by atoms with van der Waals surface area (Å²) >= 11 is 0. The molecule has 1 aromatic heterocycles. The number of piperidine rings is 1. The lowest BCUT2D eigenvalue weighted by Crippen LogP contribution is -2.45. The molecule has 0 unspecified atom stereocenters. The van der Waals surface area contributed by atoms with E-state index in [9.17, 15) is 9.59 Å². The number of aromatic nitrogens is 2. The molecule has 7 heteroatoms. The van der Waals surface area contributed by atoms with Crippen molar-refractivity contribution in [3.8, 4) is 0 Å². The maximum atomic E-state index is 13.2. The van der Waals surface area contributed by atoms with E-state index in [-0.39, 0.29) is 24.4 Å². The number of rotatable bonds is 5. The van der Waals surface area contributed by atoms with E-state index in [1.54, 1.807) is 4.90 Å². The monoisotopic (exact) mass is 447 g/mol. The molecule has 0 N–H and O–H groups in total. The molecule has 1 aromatic carbocycles. The molecule has 0 radical (unpaired) electrons. The molecule has 2 amide bonds. The summed E-state index contributed by atoms with van der Waals surface area (Å²) in [6, 6.07) is 10.4. The van der Waals surface area contributed by atoms with Crippen molar-refractivity contribution in [1.82, 2.24) is 19.8 Å². The zero-order valence-corrected chi connectivity index (χ0v) is 19.5. The molecule has 0 saturated carbocycles. The minimum Gasteiger partial charge on any atom is -0.352 e. The summed E-state index contributed by atoms with van der Waals surface area (Å²) in [7, 11) is 0. The minimum absolute atomic E-state index is 0.0232. The third kappa shape index (κ3) is 4.59. The topological polar surface area (TPSA) is 69.6 Å². The zero-order chi connectivity index (χ0) is 22.8. The first kappa shape index (κ1) is 21.9.